The summed E-state index contributed by atoms with van der Waals surface area (Å²) < 4.78 is 11.6. The molecule has 30 heavy (non-hydrogen) atoms. The van der Waals surface area contributed by atoms with Gasteiger partial charge < -0.3 is 14.5 Å². The first-order chi connectivity index (χ1) is 14.7. The number of carbonyl (C=O) groups is 1. The van der Waals surface area contributed by atoms with Crippen molar-refractivity contribution >= 4 is 23.4 Å². The van der Waals surface area contributed by atoms with E-state index in [1.165, 1.54) is 36.6 Å². The Morgan fingerprint density at radius 1 is 1.03 bits per heavy atom. The van der Waals surface area contributed by atoms with Crippen LogP contribution < -0.4 is 10.1 Å². The fourth-order valence-electron chi connectivity index (χ4n) is 3.47. The van der Waals surface area contributed by atoms with Crippen LogP contribution in [0.4, 0.5) is 5.69 Å². The molecular formula is C23H25N3O3S. The van der Waals surface area contributed by atoms with E-state index in [1.54, 1.807) is 0 Å². The van der Waals surface area contributed by atoms with Gasteiger partial charge in [-0.1, -0.05) is 48.7 Å². The summed E-state index contributed by atoms with van der Waals surface area (Å²) in [5.74, 6) is 2.67. The third kappa shape index (κ3) is 5.63. The molecule has 1 heterocycles. The minimum absolute atomic E-state index is 0.121. The summed E-state index contributed by atoms with van der Waals surface area (Å²) in [4.78, 5) is 12.2. The molecule has 1 aliphatic rings. The van der Waals surface area contributed by atoms with Crippen LogP contribution in [0.5, 0.6) is 11.5 Å². The fraction of sp³-hybridized carbons (Fsp3) is 0.348. The minimum Gasteiger partial charge on any atom is -0.457 e. The predicted molar refractivity (Wildman–Crippen MR) is 117 cm³/mol. The first-order valence-electron chi connectivity index (χ1n) is 10.3. The molecule has 1 N–H and O–H groups in total. The van der Waals surface area contributed by atoms with Gasteiger partial charge in [0.2, 0.25) is 11.8 Å². The Balaban J connectivity index is 1.25. The highest BCUT2D eigenvalue weighted by atomic mass is 32.2. The standard InChI is InChI=1S/C23H25N3O3S/c1-16-7-11-19(12-8-16)28-20-13-9-18(10-14-20)24-21(27)15-30-23-26-25-22(29-23)17-5-3-2-4-6-17/h7-14,17H,2-6,15H2,1H3,(H,24,27). The molecule has 0 unspecified atom stereocenters. The molecule has 0 spiro atoms. The summed E-state index contributed by atoms with van der Waals surface area (Å²) in [5, 5.41) is 11.6. The molecule has 6 nitrogen and oxygen atoms in total. The van der Waals surface area contributed by atoms with Gasteiger partial charge in [-0.25, -0.2) is 0 Å². The largest absolute Gasteiger partial charge is 0.457 e. The van der Waals surface area contributed by atoms with Crippen molar-refractivity contribution in [3.05, 3.63) is 60.0 Å². The Bertz CT molecular complexity index is 964. The Labute approximate surface area is 180 Å². The van der Waals surface area contributed by atoms with E-state index in [2.05, 4.69) is 15.5 Å². The molecule has 156 valence electrons. The zero-order chi connectivity index (χ0) is 20.8. The van der Waals surface area contributed by atoms with E-state index >= 15 is 0 Å². The van der Waals surface area contributed by atoms with Crippen LogP contribution in [0, 0.1) is 6.92 Å². The van der Waals surface area contributed by atoms with E-state index in [1.807, 2.05) is 55.5 Å². The topological polar surface area (TPSA) is 77.2 Å². The maximum absolute atomic E-state index is 12.2. The van der Waals surface area contributed by atoms with Crippen molar-refractivity contribution < 1.29 is 13.9 Å². The van der Waals surface area contributed by atoms with Crippen molar-refractivity contribution in [2.75, 3.05) is 11.1 Å². The van der Waals surface area contributed by atoms with E-state index in [4.69, 9.17) is 9.15 Å². The van der Waals surface area contributed by atoms with Crippen molar-refractivity contribution in [2.24, 2.45) is 0 Å². The molecule has 1 fully saturated rings. The molecule has 0 bridgehead atoms. The molecule has 1 aromatic heterocycles. The fourth-order valence-corrected chi connectivity index (χ4v) is 4.04. The maximum Gasteiger partial charge on any atom is 0.277 e. The highest BCUT2D eigenvalue weighted by Crippen LogP contribution is 2.33. The second kappa shape index (κ2) is 9.80. The van der Waals surface area contributed by atoms with Crippen LogP contribution in [0.25, 0.3) is 0 Å². The van der Waals surface area contributed by atoms with E-state index < -0.39 is 0 Å². The summed E-state index contributed by atoms with van der Waals surface area (Å²) in [5.41, 5.74) is 1.90. The predicted octanol–water partition coefficient (Wildman–Crippen LogP) is 5.95. The monoisotopic (exact) mass is 423 g/mol. The van der Waals surface area contributed by atoms with Gasteiger partial charge in [0.1, 0.15) is 11.5 Å². The molecule has 1 saturated carbocycles. The highest BCUT2D eigenvalue weighted by molar-refractivity contribution is 7.99. The van der Waals surface area contributed by atoms with E-state index in [0.29, 0.717) is 28.5 Å². The Hall–Kier alpha value is -2.80. The molecule has 0 aliphatic heterocycles. The number of ether oxygens (including phenoxy) is 1. The molecule has 4 rings (SSSR count). The number of hydrogen-bond acceptors (Lipinski definition) is 6. The summed E-state index contributed by atoms with van der Waals surface area (Å²) in [6.45, 7) is 2.04. The first kappa shape index (κ1) is 20.5. The highest BCUT2D eigenvalue weighted by Gasteiger charge is 2.21. The van der Waals surface area contributed by atoms with Gasteiger partial charge in [0.05, 0.1) is 5.75 Å². The lowest BCUT2D eigenvalue weighted by molar-refractivity contribution is -0.113. The molecule has 1 aliphatic carbocycles. The van der Waals surface area contributed by atoms with Gasteiger partial charge in [0.15, 0.2) is 0 Å². The number of rotatable bonds is 7. The van der Waals surface area contributed by atoms with E-state index in [9.17, 15) is 4.79 Å². The third-order valence-electron chi connectivity index (χ3n) is 5.10. The molecule has 3 aromatic rings. The molecule has 1 amide bonds. The number of nitrogens with one attached hydrogen (secondary N) is 1. The number of amides is 1. The Morgan fingerprint density at radius 3 is 2.40 bits per heavy atom. The maximum atomic E-state index is 12.2. The molecule has 0 atom stereocenters. The van der Waals surface area contributed by atoms with Crippen LogP contribution in [0.2, 0.25) is 0 Å². The van der Waals surface area contributed by atoms with Gasteiger partial charge in [-0.05, 0) is 56.2 Å². The molecule has 7 heteroatoms. The number of aryl methyl sites for hydroxylation is 1. The normalized spacial score (nSPS) is 14.4. The van der Waals surface area contributed by atoms with Crippen LogP contribution in [0.3, 0.4) is 0 Å². The van der Waals surface area contributed by atoms with Gasteiger partial charge in [-0.15, -0.1) is 10.2 Å². The number of benzene rings is 2. The number of aromatic nitrogens is 2. The smallest absolute Gasteiger partial charge is 0.277 e. The van der Waals surface area contributed by atoms with E-state index in [-0.39, 0.29) is 11.7 Å². The van der Waals surface area contributed by atoms with Gasteiger partial charge in [-0.3, -0.25) is 4.79 Å². The number of hydrogen-bond donors (Lipinski definition) is 1. The third-order valence-corrected chi connectivity index (χ3v) is 5.92. The quantitative estimate of drug-likeness (QED) is 0.473. The SMILES string of the molecule is Cc1ccc(Oc2ccc(NC(=O)CSc3nnc(C4CCCCC4)o3)cc2)cc1. The Morgan fingerprint density at radius 2 is 1.70 bits per heavy atom. The lowest BCUT2D eigenvalue weighted by atomic mass is 9.89. The molecule has 0 saturated heterocycles. The van der Waals surface area contributed by atoms with Crippen LogP contribution in [-0.4, -0.2) is 21.9 Å². The lowest BCUT2D eigenvalue weighted by Gasteiger charge is -2.17. The molecule has 0 radical (unpaired) electrons. The number of thioether (sulfide) groups is 1. The summed E-state index contributed by atoms with van der Waals surface area (Å²) in [6.07, 6.45) is 5.93. The van der Waals surface area contributed by atoms with Gasteiger partial charge in [0.25, 0.3) is 5.22 Å². The van der Waals surface area contributed by atoms with Crippen molar-refractivity contribution in [3.63, 3.8) is 0 Å². The van der Waals surface area contributed by atoms with Gasteiger partial charge in [0, 0.05) is 11.6 Å². The van der Waals surface area contributed by atoms with Crippen LogP contribution in [0.1, 0.15) is 49.5 Å². The lowest BCUT2D eigenvalue weighted by Crippen LogP contribution is -2.13. The molecule has 2 aromatic carbocycles. The number of nitrogens with zero attached hydrogens (tertiary/aromatic N) is 2. The van der Waals surface area contributed by atoms with Crippen molar-refractivity contribution in [1.82, 2.24) is 10.2 Å². The number of carbonyl (C=O) groups excluding carboxylic acids is 1. The Kier molecular flexibility index (Phi) is 6.69. The molecular weight excluding hydrogens is 398 g/mol. The summed E-state index contributed by atoms with van der Waals surface area (Å²) in [6, 6.07) is 15.2. The van der Waals surface area contributed by atoms with Crippen LogP contribution in [0.15, 0.2) is 58.2 Å². The second-order valence-corrected chi connectivity index (χ2v) is 8.44. The van der Waals surface area contributed by atoms with E-state index in [0.717, 1.165) is 18.6 Å². The van der Waals surface area contributed by atoms with Crippen molar-refractivity contribution in [3.8, 4) is 11.5 Å². The summed E-state index contributed by atoms with van der Waals surface area (Å²) in [7, 11) is 0. The average molecular weight is 424 g/mol. The zero-order valence-corrected chi connectivity index (χ0v) is 17.8. The summed E-state index contributed by atoms with van der Waals surface area (Å²) >= 11 is 1.26. The average Bonchev–Trinajstić information content (AvgIpc) is 3.25. The zero-order valence-electron chi connectivity index (χ0n) is 17.0. The van der Waals surface area contributed by atoms with Crippen molar-refractivity contribution in [2.45, 2.75) is 50.2 Å². The van der Waals surface area contributed by atoms with Crippen molar-refractivity contribution in [1.29, 1.82) is 0 Å². The van der Waals surface area contributed by atoms with Crippen LogP contribution >= 0.6 is 11.8 Å². The van der Waals surface area contributed by atoms with Gasteiger partial charge in [-0.2, -0.15) is 0 Å². The first-order valence-corrected chi connectivity index (χ1v) is 11.2. The van der Waals surface area contributed by atoms with Crippen LogP contribution in [-0.2, 0) is 4.79 Å². The number of anilines is 1. The second-order valence-electron chi connectivity index (χ2n) is 7.52. The van der Waals surface area contributed by atoms with Gasteiger partial charge >= 0.3 is 0 Å². The minimum atomic E-state index is -0.121.